The van der Waals surface area contributed by atoms with Gasteiger partial charge < -0.3 is 15.5 Å². The van der Waals surface area contributed by atoms with E-state index in [-0.39, 0.29) is 0 Å². The van der Waals surface area contributed by atoms with E-state index in [2.05, 4.69) is 5.32 Å². The van der Waals surface area contributed by atoms with Gasteiger partial charge >= 0.3 is 0 Å². The minimum Gasteiger partial charge on any atom is -0.508 e. The zero-order valence-electron chi connectivity index (χ0n) is 11.0. The summed E-state index contributed by atoms with van der Waals surface area (Å²) in [6, 6.07) is 5.55. The van der Waals surface area contributed by atoms with Crippen molar-refractivity contribution in [3.63, 3.8) is 0 Å². The molecule has 3 N–H and O–H groups in total. The Hall–Kier alpha value is -1.06. The second-order valence-corrected chi connectivity index (χ2v) is 4.67. The molecule has 1 aromatic carbocycles. The largest absolute Gasteiger partial charge is 0.508 e. The SMILES string of the molecule is CCC(O)(CC)CNCc1cc(C)ccc1O. The third-order valence-electron chi connectivity index (χ3n) is 3.32. The fourth-order valence-electron chi connectivity index (χ4n) is 1.79. The van der Waals surface area contributed by atoms with E-state index in [9.17, 15) is 10.2 Å². The lowest BCUT2D eigenvalue weighted by atomic mass is 9.97. The van der Waals surface area contributed by atoms with Crippen LogP contribution in [-0.4, -0.2) is 22.4 Å². The lowest BCUT2D eigenvalue weighted by Crippen LogP contribution is -2.39. The summed E-state index contributed by atoms with van der Waals surface area (Å²) in [5.41, 5.74) is 1.36. The van der Waals surface area contributed by atoms with Gasteiger partial charge in [-0.25, -0.2) is 0 Å². The molecule has 0 aliphatic heterocycles. The predicted molar refractivity (Wildman–Crippen MR) is 70.1 cm³/mol. The van der Waals surface area contributed by atoms with Gasteiger partial charge in [-0.05, 0) is 25.8 Å². The Morgan fingerprint density at radius 3 is 2.47 bits per heavy atom. The van der Waals surface area contributed by atoms with Crippen molar-refractivity contribution in [1.82, 2.24) is 5.32 Å². The molecular formula is C14H23NO2. The Bertz CT molecular complexity index is 359. The maximum Gasteiger partial charge on any atom is 0.120 e. The summed E-state index contributed by atoms with van der Waals surface area (Å²) in [6.45, 7) is 7.09. The van der Waals surface area contributed by atoms with Crippen LogP contribution in [0.4, 0.5) is 0 Å². The molecular weight excluding hydrogens is 214 g/mol. The van der Waals surface area contributed by atoms with E-state index in [0.29, 0.717) is 18.8 Å². The monoisotopic (exact) mass is 237 g/mol. The van der Waals surface area contributed by atoms with E-state index < -0.39 is 5.60 Å². The molecule has 3 nitrogen and oxygen atoms in total. The molecule has 0 heterocycles. The first-order valence-electron chi connectivity index (χ1n) is 6.22. The molecule has 0 spiro atoms. The van der Waals surface area contributed by atoms with Crippen LogP contribution in [0, 0.1) is 6.92 Å². The van der Waals surface area contributed by atoms with Crippen LogP contribution in [-0.2, 0) is 6.54 Å². The number of aliphatic hydroxyl groups is 1. The lowest BCUT2D eigenvalue weighted by Gasteiger charge is -2.25. The predicted octanol–water partition coefficient (Wildman–Crippen LogP) is 2.34. The van der Waals surface area contributed by atoms with E-state index in [4.69, 9.17) is 0 Å². The molecule has 0 radical (unpaired) electrons. The van der Waals surface area contributed by atoms with Crippen LogP contribution >= 0.6 is 0 Å². The first-order valence-corrected chi connectivity index (χ1v) is 6.22. The highest BCUT2D eigenvalue weighted by molar-refractivity contribution is 5.35. The molecule has 0 saturated heterocycles. The Morgan fingerprint density at radius 2 is 1.88 bits per heavy atom. The molecule has 0 bridgehead atoms. The lowest BCUT2D eigenvalue weighted by molar-refractivity contribution is 0.0322. The van der Waals surface area contributed by atoms with Crippen LogP contribution < -0.4 is 5.32 Å². The molecule has 96 valence electrons. The van der Waals surface area contributed by atoms with Crippen LogP contribution in [0.25, 0.3) is 0 Å². The van der Waals surface area contributed by atoms with Crippen molar-refractivity contribution in [2.75, 3.05) is 6.54 Å². The molecule has 0 aliphatic carbocycles. The second kappa shape index (κ2) is 6.03. The number of phenols is 1. The summed E-state index contributed by atoms with van der Waals surface area (Å²) < 4.78 is 0. The van der Waals surface area contributed by atoms with Gasteiger partial charge in [-0.2, -0.15) is 0 Å². The Balaban J connectivity index is 2.53. The number of rotatable bonds is 6. The third kappa shape index (κ3) is 4.02. The maximum atomic E-state index is 10.1. The van der Waals surface area contributed by atoms with Crippen LogP contribution in [0.3, 0.4) is 0 Å². The summed E-state index contributed by atoms with van der Waals surface area (Å²) >= 11 is 0. The normalized spacial score (nSPS) is 11.8. The first kappa shape index (κ1) is 14.0. The van der Waals surface area contributed by atoms with E-state index in [0.717, 1.165) is 24.0 Å². The van der Waals surface area contributed by atoms with E-state index >= 15 is 0 Å². The van der Waals surface area contributed by atoms with Gasteiger partial charge in [0.15, 0.2) is 0 Å². The summed E-state index contributed by atoms with van der Waals surface area (Å²) in [5.74, 6) is 0.305. The summed E-state index contributed by atoms with van der Waals surface area (Å²) in [5, 5.41) is 23.0. The van der Waals surface area contributed by atoms with Gasteiger partial charge in [-0.3, -0.25) is 0 Å². The van der Waals surface area contributed by atoms with Gasteiger partial charge in [0, 0.05) is 18.7 Å². The van der Waals surface area contributed by atoms with Gasteiger partial charge in [-0.15, -0.1) is 0 Å². The average molecular weight is 237 g/mol. The Kier molecular flexibility index (Phi) is 4.97. The van der Waals surface area contributed by atoms with Crippen molar-refractivity contribution in [2.24, 2.45) is 0 Å². The molecule has 0 saturated carbocycles. The highest BCUT2D eigenvalue weighted by atomic mass is 16.3. The Labute approximate surface area is 103 Å². The van der Waals surface area contributed by atoms with Crippen LogP contribution in [0.5, 0.6) is 5.75 Å². The molecule has 17 heavy (non-hydrogen) atoms. The number of phenolic OH excluding ortho intramolecular Hbond substituents is 1. The maximum absolute atomic E-state index is 10.1. The van der Waals surface area contributed by atoms with Crippen molar-refractivity contribution in [2.45, 2.75) is 45.8 Å². The van der Waals surface area contributed by atoms with Gasteiger partial charge in [0.05, 0.1) is 5.60 Å². The summed E-state index contributed by atoms with van der Waals surface area (Å²) in [4.78, 5) is 0. The molecule has 0 unspecified atom stereocenters. The van der Waals surface area contributed by atoms with E-state index in [1.54, 1.807) is 6.07 Å². The quantitative estimate of drug-likeness (QED) is 0.712. The van der Waals surface area contributed by atoms with Crippen molar-refractivity contribution in [3.8, 4) is 5.75 Å². The highest BCUT2D eigenvalue weighted by Gasteiger charge is 2.21. The minimum atomic E-state index is -0.639. The standard InChI is InChI=1S/C14H23NO2/c1-4-14(17,5-2)10-15-9-12-8-11(3)6-7-13(12)16/h6-8,15-17H,4-5,9-10H2,1-3H3. The smallest absolute Gasteiger partial charge is 0.120 e. The fourth-order valence-corrected chi connectivity index (χ4v) is 1.79. The van der Waals surface area contributed by atoms with Gasteiger partial charge in [0.25, 0.3) is 0 Å². The number of hydrogen-bond acceptors (Lipinski definition) is 3. The van der Waals surface area contributed by atoms with Gasteiger partial charge in [-0.1, -0.05) is 31.5 Å². The number of benzene rings is 1. The molecule has 1 aromatic rings. The molecule has 0 aromatic heterocycles. The Morgan fingerprint density at radius 1 is 1.24 bits per heavy atom. The molecule has 3 heteroatoms. The number of nitrogens with one attached hydrogen (secondary N) is 1. The van der Waals surface area contributed by atoms with Crippen molar-refractivity contribution < 1.29 is 10.2 Å². The molecule has 0 aliphatic rings. The summed E-state index contributed by atoms with van der Waals surface area (Å²) in [6.07, 6.45) is 1.46. The summed E-state index contributed by atoms with van der Waals surface area (Å²) in [7, 11) is 0. The first-order chi connectivity index (χ1) is 8.00. The average Bonchev–Trinajstić information content (AvgIpc) is 2.33. The molecule has 1 rings (SSSR count). The molecule has 0 amide bonds. The number of aromatic hydroxyl groups is 1. The highest BCUT2D eigenvalue weighted by Crippen LogP contribution is 2.18. The van der Waals surface area contributed by atoms with Crippen molar-refractivity contribution >= 4 is 0 Å². The minimum absolute atomic E-state index is 0.305. The van der Waals surface area contributed by atoms with E-state index in [1.165, 1.54) is 0 Å². The van der Waals surface area contributed by atoms with Crippen LogP contribution in [0.15, 0.2) is 18.2 Å². The number of hydrogen-bond donors (Lipinski definition) is 3. The zero-order chi connectivity index (χ0) is 12.9. The van der Waals surface area contributed by atoms with Gasteiger partial charge in [0.1, 0.15) is 5.75 Å². The number of aryl methyl sites for hydroxylation is 1. The van der Waals surface area contributed by atoms with Crippen molar-refractivity contribution in [1.29, 1.82) is 0 Å². The van der Waals surface area contributed by atoms with Crippen molar-refractivity contribution in [3.05, 3.63) is 29.3 Å². The van der Waals surface area contributed by atoms with E-state index in [1.807, 2.05) is 32.9 Å². The zero-order valence-corrected chi connectivity index (χ0v) is 11.0. The third-order valence-corrected chi connectivity index (χ3v) is 3.32. The molecule has 0 atom stereocenters. The topological polar surface area (TPSA) is 52.5 Å². The molecule has 0 fully saturated rings. The second-order valence-electron chi connectivity index (χ2n) is 4.67. The van der Waals surface area contributed by atoms with Crippen LogP contribution in [0.1, 0.15) is 37.8 Å². The van der Waals surface area contributed by atoms with Crippen LogP contribution in [0.2, 0.25) is 0 Å². The van der Waals surface area contributed by atoms with Gasteiger partial charge in [0.2, 0.25) is 0 Å². The fraction of sp³-hybridized carbons (Fsp3) is 0.571.